The molecular weight excluding hydrogens is 402 g/mol. The van der Waals surface area contributed by atoms with Crippen molar-refractivity contribution in [2.24, 2.45) is 0 Å². The third-order valence-electron chi connectivity index (χ3n) is 7.34. The molecule has 0 N–H and O–H groups in total. The summed E-state index contributed by atoms with van der Waals surface area (Å²) in [6.45, 7) is 0. The third kappa shape index (κ3) is 2.60. The molecule has 0 fully saturated rings. The number of nitrogens with zero attached hydrogens (tertiary/aromatic N) is 3. The quantitative estimate of drug-likeness (QED) is 0.261. The average Bonchev–Trinajstić information content (AvgIpc) is 3.38. The van der Waals surface area contributed by atoms with Crippen molar-refractivity contribution in [1.29, 1.82) is 0 Å². The van der Waals surface area contributed by atoms with Gasteiger partial charge in [-0.05, 0) is 37.7 Å². The lowest BCUT2D eigenvalue weighted by Gasteiger charge is -2.39. The Morgan fingerprint density at radius 3 is 1.39 bits per heavy atom. The highest BCUT2D eigenvalue weighted by Gasteiger charge is 2.30. The number of fused-ring (bicyclic) bond motifs is 6. The van der Waals surface area contributed by atoms with E-state index in [0.717, 1.165) is 6.42 Å². The van der Waals surface area contributed by atoms with Gasteiger partial charge in [-0.3, -0.25) is 4.90 Å². The Balaban J connectivity index is 1.45. The van der Waals surface area contributed by atoms with E-state index in [0.29, 0.717) is 0 Å². The molecule has 7 rings (SSSR count). The van der Waals surface area contributed by atoms with Crippen LogP contribution in [0.1, 0.15) is 18.8 Å². The van der Waals surface area contributed by atoms with Gasteiger partial charge in [0, 0.05) is 21.5 Å². The number of likely N-dealkylation sites (N-methyl/N-ethyl adjacent to an activating group) is 1. The van der Waals surface area contributed by atoms with Crippen LogP contribution in [-0.2, 0) is 0 Å². The van der Waals surface area contributed by atoms with E-state index >= 15 is 0 Å². The van der Waals surface area contributed by atoms with Crippen molar-refractivity contribution in [2.45, 2.75) is 18.8 Å². The minimum absolute atomic E-state index is 0.133. The molecule has 4 aromatic carbocycles. The first kappa shape index (κ1) is 18.7. The molecule has 2 aromatic heterocycles. The largest absolute Gasteiger partial charge is 0.324 e. The summed E-state index contributed by atoms with van der Waals surface area (Å²) >= 11 is 0. The van der Waals surface area contributed by atoms with Crippen LogP contribution in [0.15, 0.2) is 109 Å². The second-order valence-electron chi connectivity index (χ2n) is 9.03. The van der Waals surface area contributed by atoms with Crippen LogP contribution in [0.5, 0.6) is 0 Å². The van der Waals surface area contributed by atoms with Gasteiger partial charge in [0.2, 0.25) is 0 Å². The van der Waals surface area contributed by atoms with Crippen LogP contribution in [0.2, 0.25) is 0 Å². The van der Waals surface area contributed by atoms with Crippen LogP contribution in [0.4, 0.5) is 0 Å². The van der Waals surface area contributed by atoms with Crippen LogP contribution in [0.3, 0.4) is 0 Å². The van der Waals surface area contributed by atoms with Gasteiger partial charge in [-0.1, -0.05) is 84.9 Å². The molecule has 160 valence electrons. The lowest BCUT2D eigenvalue weighted by Crippen LogP contribution is -2.36. The molecule has 2 atom stereocenters. The van der Waals surface area contributed by atoms with Gasteiger partial charge >= 0.3 is 0 Å². The fraction of sp³-hybridized carbons (Fsp3) is 0.133. The summed E-state index contributed by atoms with van der Waals surface area (Å²) < 4.78 is 5.04. The molecule has 33 heavy (non-hydrogen) atoms. The van der Waals surface area contributed by atoms with Crippen molar-refractivity contribution in [3.05, 3.63) is 109 Å². The van der Waals surface area contributed by atoms with Gasteiger partial charge < -0.3 is 9.13 Å². The fourth-order valence-corrected chi connectivity index (χ4v) is 5.87. The molecule has 1 aliphatic heterocycles. The highest BCUT2D eigenvalue weighted by molar-refractivity contribution is 6.09. The predicted molar refractivity (Wildman–Crippen MR) is 138 cm³/mol. The topological polar surface area (TPSA) is 13.1 Å². The van der Waals surface area contributed by atoms with Crippen molar-refractivity contribution in [1.82, 2.24) is 14.0 Å². The van der Waals surface area contributed by atoms with E-state index in [2.05, 4.69) is 130 Å². The molecule has 0 amide bonds. The van der Waals surface area contributed by atoms with Crippen LogP contribution in [-0.4, -0.2) is 21.1 Å². The Morgan fingerprint density at radius 2 is 0.939 bits per heavy atom. The maximum absolute atomic E-state index is 2.54. The average molecular weight is 428 g/mol. The lowest BCUT2D eigenvalue weighted by atomic mass is 10.1. The third-order valence-corrected chi connectivity index (χ3v) is 7.34. The van der Waals surface area contributed by atoms with Crippen LogP contribution >= 0.6 is 0 Å². The van der Waals surface area contributed by atoms with Crippen LogP contribution in [0, 0.1) is 0 Å². The summed E-state index contributed by atoms with van der Waals surface area (Å²) in [6.07, 6.45) is 6.07. The second kappa shape index (κ2) is 7.09. The first-order valence-electron chi connectivity index (χ1n) is 11.7. The normalized spacial score (nSPS) is 19.3. The van der Waals surface area contributed by atoms with Gasteiger partial charge in [0.05, 0.1) is 28.2 Å². The molecule has 0 radical (unpaired) electrons. The minimum atomic E-state index is 0.133. The Kier molecular flexibility index (Phi) is 4.02. The van der Waals surface area contributed by atoms with E-state index < -0.39 is 0 Å². The Bertz CT molecular complexity index is 1580. The lowest BCUT2D eigenvalue weighted by molar-refractivity contribution is 0.108. The van der Waals surface area contributed by atoms with Crippen molar-refractivity contribution in [3.8, 4) is 0 Å². The molecule has 3 nitrogen and oxygen atoms in total. The Hall–Kier alpha value is -3.82. The number of aromatic nitrogens is 2. The first-order chi connectivity index (χ1) is 16.3. The van der Waals surface area contributed by atoms with E-state index in [9.17, 15) is 0 Å². The van der Waals surface area contributed by atoms with Gasteiger partial charge in [-0.15, -0.1) is 0 Å². The van der Waals surface area contributed by atoms with Gasteiger partial charge in [0.1, 0.15) is 6.17 Å². The summed E-state index contributed by atoms with van der Waals surface area (Å²) in [5.74, 6) is 0. The molecule has 0 aliphatic carbocycles. The molecule has 1 unspecified atom stereocenters. The van der Waals surface area contributed by atoms with Gasteiger partial charge in [-0.2, -0.15) is 0 Å². The van der Waals surface area contributed by atoms with E-state index in [1.54, 1.807) is 0 Å². The molecule has 3 heteroatoms. The van der Waals surface area contributed by atoms with Crippen molar-refractivity contribution < 1.29 is 0 Å². The fourth-order valence-electron chi connectivity index (χ4n) is 5.87. The molecule has 1 aliphatic rings. The molecule has 6 aromatic rings. The Morgan fingerprint density at radius 1 is 0.545 bits per heavy atom. The Labute approximate surface area is 192 Å². The van der Waals surface area contributed by atoms with Crippen LogP contribution < -0.4 is 0 Å². The van der Waals surface area contributed by atoms with Gasteiger partial charge in [0.15, 0.2) is 0 Å². The monoisotopic (exact) mass is 427 g/mol. The van der Waals surface area contributed by atoms with Gasteiger partial charge in [-0.25, -0.2) is 0 Å². The highest BCUT2D eigenvalue weighted by atomic mass is 15.4. The summed E-state index contributed by atoms with van der Waals surface area (Å²) in [7, 11) is 2.27. The predicted octanol–water partition coefficient (Wildman–Crippen LogP) is 7.49. The van der Waals surface area contributed by atoms with Crippen molar-refractivity contribution in [3.63, 3.8) is 0 Å². The molecular formula is C30H25N3. The van der Waals surface area contributed by atoms with Crippen molar-refractivity contribution >= 4 is 43.6 Å². The molecule has 0 bridgehead atoms. The maximum Gasteiger partial charge on any atom is 0.107 e. The van der Waals surface area contributed by atoms with E-state index in [-0.39, 0.29) is 12.3 Å². The summed E-state index contributed by atoms with van der Waals surface area (Å²) in [4.78, 5) is 2.53. The zero-order valence-electron chi connectivity index (χ0n) is 18.6. The summed E-state index contributed by atoms with van der Waals surface area (Å²) in [5.41, 5.74) is 5.16. The minimum Gasteiger partial charge on any atom is -0.324 e. The maximum atomic E-state index is 2.54. The number of benzene rings is 4. The van der Waals surface area contributed by atoms with E-state index in [1.165, 1.54) is 43.6 Å². The molecule has 3 heterocycles. The zero-order valence-corrected chi connectivity index (χ0v) is 18.6. The second-order valence-corrected chi connectivity index (χ2v) is 9.03. The zero-order chi connectivity index (χ0) is 21.9. The number of hydrogen-bond donors (Lipinski definition) is 0. The summed E-state index contributed by atoms with van der Waals surface area (Å²) in [5, 5.41) is 5.27. The van der Waals surface area contributed by atoms with E-state index in [4.69, 9.17) is 0 Å². The highest BCUT2D eigenvalue weighted by Crippen LogP contribution is 2.40. The number of hydrogen-bond acceptors (Lipinski definition) is 1. The number of para-hydroxylation sites is 4. The van der Waals surface area contributed by atoms with Crippen LogP contribution in [0.25, 0.3) is 43.6 Å². The van der Waals surface area contributed by atoms with Crippen molar-refractivity contribution in [2.75, 3.05) is 7.05 Å². The molecule has 0 spiro atoms. The number of rotatable bonds is 2. The van der Waals surface area contributed by atoms with E-state index in [1.807, 2.05) is 0 Å². The molecule has 0 saturated carbocycles. The van der Waals surface area contributed by atoms with Gasteiger partial charge in [0.25, 0.3) is 0 Å². The SMILES string of the molecule is CN1C(n2c3ccccc3c3ccccc32)C=CC[C@@H]1n1c2ccccc2c2ccccc21. The molecule has 0 saturated heterocycles. The standard InChI is InChI=1S/C30H25N3/c1-31-29(32-25-15-6-2-11-21(25)22-12-3-7-16-26(22)32)19-10-20-30(31)33-27-17-8-4-13-23(27)24-14-5-9-18-28(24)33/h2-19,29-30H,20H2,1H3/t29?,30-/m0/s1. The smallest absolute Gasteiger partial charge is 0.107 e. The first-order valence-corrected chi connectivity index (χ1v) is 11.7. The summed E-state index contributed by atoms with van der Waals surface area (Å²) in [6, 6.07) is 35.2.